The molecule has 3 N–H and O–H groups in total. The molecule has 0 radical (unpaired) electrons. The predicted molar refractivity (Wildman–Crippen MR) is 149 cm³/mol. The van der Waals surface area contributed by atoms with E-state index in [0.29, 0.717) is 35.5 Å². The highest BCUT2D eigenvalue weighted by Crippen LogP contribution is 2.38. The predicted octanol–water partition coefficient (Wildman–Crippen LogP) is 5.65. The highest BCUT2D eigenvalue weighted by molar-refractivity contribution is 6.12. The summed E-state index contributed by atoms with van der Waals surface area (Å²) < 4.78 is 5.46. The van der Waals surface area contributed by atoms with Gasteiger partial charge in [0.05, 0.1) is 35.5 Å². The van der Waals surface area contributed by atoms with Gasteiger partial charge in [0.1, 0.15) is 0 Å². The Balaban J connectivity index is 1.63. The van der Waals surface area contributed by atoms with Crippen LogP contribution in [0.4, 0.5) is 11.4 Å². The van der Waals surface area contributed by atoms with Crippen LogP contribution in [0.3, 0.4) is 0 Å². The van der Waals surface area contributed by atoms with Crippen LogP contribution >= 0.6 is 0 Å². The van der Waals surface area contributed by atoms with E-state index in [0.717, 1.165) is 45.5 Å². The fraction of sp³-hybridized carbons (Fsp3) is 0.167. The first-order valence-electron chi connectivity index (χ1n) is 12.1. The number of para-hydroxylation sites is 1. The first-order valence-corrected chi connectivity index (χ1v) is 12.1. The van der Waals surface area contributed by atoms with Crippen molar-refractivity contribution < 1.29 is 14.3 Å². The van der Waals surface area contributed by atoms with E-state index in [9.17, 15) is 9.59 Å². The minimum atomic E-state index is -0.490. The van der Waals surface area contributed by atoms with Gasteiger partial charge in [0, 0.05) is 23.8 Å². The topological polar surface area (TPSA) is 101 Å². The standard InChI is InChI=1S/C30H28N4O3/c1-18-20(8-6-10-27(18)34(3)30(36)22-7-4-5-9-25(22)32-2)21-11-12-23(29(31)35)28-24(21)17-26(33-28)19-13-15-37-16-14-19/h4-13,17,33H,2,14-16H2,1,3H3,(H2,31,35). The molecule has 7 nitrogen and oxygen atoms in total. The number of aliphatic imine (C=N–C) groups is 1. The number of ether oxygens (including phenoxy) is 1. The Morgan fingerprint density at radius 2 is 1.86 bits per heavy atom. The minimum absolute atomic E-state index is 0.173. The zero-order valence-electron chi connectivity index (χ0n) is 20.9. The van der Waals surface area contributed by atoms with Gasteiger partial charge < -0.3 is 20.4 Å². The number of aromatic nitrogens is 1. The molecule has 0 saturated carbocycles. The van der Waals surface area contributed by atoms with Gasteiger partial charge in [0.2, 0.25) is 0 Å². The van der Waals surface area contributed by atoms with E-state index in [1.165, 1.54) is 0 Å². The molecule has 186 valence electrons. The van der Waals surface area contributed by atoms with Crippen LogP contribution in [0, 0.1) is 6.92 Å². The van der Waals surface area contributed by atoms with Gasteiger partial charge in [-0.2, -0.15) is 0 Å². The van der Waals surface area contributed by atoms with Gasteiger partial charge in [-0.1, -0.05) is 36.4 Å². The second-order valence-electron chi connectivity index (χ2n) is 9.04. The number of amides is 2. The van der Waals surface area contributed by atoms with E-state index < -0.39 is 5.91 Å². The van der Waals surface area contributed by atoms with Gasteiger partial charge in [-0.05, 0) is 72.7 Å². The quantitative estimate of drug-likeness (QED) is 0.340. The van der Waals surface area contributed by atoms with Gasteiger partial charge in [0.15, 0.2) is 0 Å². The molecule has 7 heteroatoms. The van der Waals surface area contributed by atoms with E-state index in [2.05, 4.69) is 28.8 Å². The lowest BCUT2D eigenvalue weighted by molar-refractivity contribution is 0.0988. The molecule has 0 unspecified atom stereocenters. The fourth-order valence-corrected chi connectivity index (χ4v) is 4.97. The largest absolute Gasteiger partial charge is 0.377 e. The number of carbonyl (C=O) groups excluding carboxylic acids is 2. The number of hydrogen-bond donors (Lipinski definition) is 2. The molecule has 0 spiro atoms. The second-order valence-corrected chi connectivity index (χ2v) is 9.04. The Bertz CT molecular complexity index is 1580. The number of carbonyl (C=O) groups is 2. The SMILES string of the molecule is C=Nc1ccccc1C(=O)N(C)c1cccc(-c2ccc(C(N)=O)c3[nH]c(C4=CCOCC4)cc23)c1C. The molecule has 5 rings (SSSR count). The van der Waals surface area contributed by atoms with E-state index in [1.54, 1.807) is 30.1 Å². The molecular weight excluding hydrogens is 464 g/mol. The normalized spacial score (nSPS) is 13.3. The van der Waals surface area contributed by atoms with Crippen LogP contribution in [0.15, 0.2) is 71.7 Å². The van der Waals surface area contributed by atoms with Gasteiger partial charge in [0.25, 0.3) is 11.8 Å². The molecule has 0 atom stereocenters. The van der Waals surface area contributed by atoms with Gasteiger partial charge in [-0.3, -0.25) is 14.6 Å². The van der Waals surface area contributed by atoms with Crippen molar-refractivity contribution in [3.63, 3.8) is 0 Å². The Labute approximate surface area is 215 Å². The maximum atomic E-state index is 13.4. The van der Waals surface area contributed by atoms with Crippen LogP contribution in [0.1, 0.15) is 38.4 Å². The maximum absolute atomic E-state index is 13.4. The van der Waals surface area contributed by atoms with Crippen molar-refractivity contribution in [2.45, 2.75) is 13.3 Å². The monoisotopic (exact) mass is 492 g/mol. The summed E-state index contributed by atoms with van der Waals surface area (Å²) in [5.74, 6) is -0.663. The molecule has 4 aromatic rings. The molecule has 0 fully saturated rings. The summed E-state index contributed by atoms with van der Waals surface area (Å²) in [6, 6.07) is 18.8. The zero-order chi connectivity index (χ0) is 26.1. The van der Waals surface area contributed by atoms with Gasteiger partial charge >= 0.3 is 0 Å². The molecule has 37 heavy (non-hydrogen) atoms. The first-order chi connectivity index (χ1) is 17.9. The van der Waals surface area contributed by atoms with Crippen molar-refractivity contribution in [1.29, 1.82) is 0 Å². The van der Waals surface area contributed by atoms with E-state index in [4.69, 9.17) is 10.5 Å². The van der Waals surface area contributed by atoms with Crippen LogP contribution in [-0.2, 0) is 4.74 Å². The summed E-state index contributed by atoms with van der Waals surface area (Å²) in [6.45, 7) is 6.81. The molecule has 2 heterocycles. The number of hydrogen-bond acceptors (Lipinski definition) is 4. The molecular formula is C30H28N4O3. The van der Waals surface area contributed by atoms with Crippen LogP contribution in [0.25, 0.3) is 27.6 Å². The number of nitrogens with one attached hydrogen (secondary N) is 1. The van der Waals surface area contributed by atoms with Crippen molar-refractivity contribution >= 4 is 46.4 Å². The molecule has 0 bridgehead atoms. The van der Waals surface area contributed by atoms with Gasteiger partial charge in [-0.15, -0.1) is 0 Å². The number of benzene rings is 3. The highest BCUT2D eigenvalue weighted by Gasteiger charge is 2.22. The second kappa shape index (κ2) is 9.87. The van der Waals surface area contributed by atoms with Crippen LogP contribution in [0.5, 0.6) is 0 Å². The molecule has 0 saturated heterocycles. The molecule has 2 amide bonds. The molecule has 1 aliphatic rings. The van der Waals surface area contributed by atoms with Crippen molar-refractivity contribution in [2.24, 2.45) is 10.7 Å². The number of primary amides is 1. The number of nitrogens with two attached hydrogens (primary N) is 1. The average molecular weight is 493 g/mol. The van der Waals surface area contributed by atoms with Crippen molar-refractivity contribution in [1.82, 2.24) is 4.98 Å². The van der Waals surface area contributed by atoms with Crippen molar-refractivity contribution in [3.05, 3.63) is 89.1 Å². The third kappa shape index (κ3) is 4.34. The summed E-state index contributed by atoms with van der Waals surface area (Å²) >= 11 is 0. The fourth-order valence-electron chi connectivity index (χ4n) is 4.97. The highest BCUT2D eigenvalue weighted by atomic mass is 16.5. The summed E-state index contributed by atoms with van der Waals surface area (Å²) in [5, 5.41) is 0.897. The van der Waals surface area contributed by atoms with E-state index >= 15 is 0 Å². The first kappa shape index (κ1) is 24.2. The van der Waals surface area contributed by atoms with Crippen LogP contribution < -0.4 is 10.6 Å². The summed E-state index contributed by atoms with van der Waals surface area (Å²) in [7, 11) is 1.76. The number of aromatic amines is 1. The van der Waals surface area contributed by atoms with Crippen molar-refractivity contribution in [3.8, 4) is 11.1 Å². The van der Waals surface area contributed by atoms with Crippen LogP contribution in [0.2, 0.25) is 0 Å². The zero-order valence-corrected chi connectivity index (χ0v) is 20.9. The number of rotatable bonds is 6. The Morgan fingerprint density at radius 1 is 1.05 bits per heavy atom. The lowest BCUT2D eigenvalue weighted by atomic mass is 9.94. The Morgan fingerprint density at radius 3 is 2.59 bits per heavy atom. The van der Waals surface area contributed by atoms with Crippen molar-refractivity contribution in [2.75, 3.05) is 25.2 Å². The smallest absolute Gasteiger partial charge is 0.260 e. The Hall–Kier alpha value is -4.49. The third-order valence-electron chi connectivity index (χ3n) is 6.93. The van der Waals surface area contributed by atoms with Crippen LogP contribution in [-0.4, -0.2) is 43.8 Å². The average Bonchev–Trinajstić information content (AvgIpc) is 3.38. The van der Waals surface area contributed by atoms with Gasteiger partial charge in [-0.25, -0.2) is 0 Å². The van der Waals surface area contributed by atoms with E-state index in [-0.39, 0.29) is 5.91 Å². The number of anilines is 1. The maximum Gasteiger partial charge on any atom is 0.260 e. The Kier molecular flexibility index (Phi) is 6.46. The minimum Gasteiger partial charge on any atom is -0.377 e. The number of nitrogens with zero attached hydrogens (tertiary/aromatic N) is 2. The summed E-state index contributed by atoms with van der Waals surface area (Å²) in [4.78, 5) is 34.7. The summed E-state index contributed by atoms with van der Waals surface area (Å²) in [6.07, 6.45) is 2.84. The summed E-state index contributed by atoms with van der Waals surface area (Å²) in [5.41, 5.74) is 13.6. The molecule has 1 aromatic heterocycles. The third-order valence-corrected chi connectivity index (χ3v) is 6.93. The number of fused-ring (bicyclic) bond motifs is 1. The lowest BCUT2D eigenvalue weighted by Gasteiger charge is -2.22. The number of H-pyrrole nitrogens is 1. The molecule has 3 aromatic carbocycles. The molecule has 1 aliphatic heterocycles. The molecule has 0 aliphatic carbocycles. The lowest BCUT2D eigenvalue weighted by Crippen LogP contribution is -2.27. The van der Waals surface area contributed by atoms with E-state index in [1.807, 2.05) is 43.3 Å².